The van der Waals surface area contributed by atoms with E-state index in [-0.39, 0.29) is 22.0 Å². The second-order valence-corrected chi connectivity index (χ2v) is 12.9. The summed E-state index contributed by atoms with van der Waals surface area (Å²) in [5.41, 5.74) is 0.0207. The van der Waals surface area contributed by atoms with E-state index in [1.54, 1.807) is 47.6 Å². The summed E-state index contributed by atoms with van der Waals surface area (Å²) < 4.78 is 37.7. The van der Waals surface area contributed by atoms with Crippen molar-refractivity contribution in [1.82, 2.24) is 10.3 Å². The Morgan fingerprint density at radius 1 is 0.917 bits per heavy atom. The lowest BCUT2D eigenvalue weighted by Crippen LogP contribution is -2.32. The predicted octanol–water partition coefficient (Wildman–Crippen LogP) is 5.62. The Hall–Kier alpha value is -3.24. The minimum Gasteiger partial charge on any atom is -0.456 e. The maximum atomic E-state index is 13.5. The fraction of sp³-hybridized carbons (Fsp3) is 0.346. The maximum Gasteiger partial charge on any atom is 0.408 e. The van der Waals surface area contributed by atoms with Crippen LogP contribution in [0.15, 0.2) is 63.8 Å². The Balaban J connectivity index is 1.94. The zero-order valence-electron chi connectivity index (χ0n) is 21.1. The van der Waals surface area contributed by atoms with Gasteiger partial charge >= 0.3 is 12.1 Å². The number of carbonyl (C=O) groups excluding carboxylic acids is 2. The van der Waals surface area contributed by atoms with Crippen LogP contribution in [0.25, 0.3) is 11.1 Å². The third-order valence-electron chi connectivity index (χ3n) is 4.55. The summed E-state index contributed by atoms with van der Waals surface area (Å²) in [6, 6.07) is 13.6. The Morgan fingerprint density at radius 2 is 1.56 bits per heavy atom. The van der Waals surface area contributed by atoms with Crippen LogP contribution in [0.3, 0.4) is 0 Å². The number of hydrogen-bond acceptors (Lipinski definition) is 8. The summed E-state index contributed by atoms with van der Waals surface area (Å²) >= 11 is 1.10. The summed E-state index contributed by atoms with van der Waals surface area (Å²) in [5.74, 6) is -0.628. The standard InChI is InChI=1S/C26H30N2O6S2/c1-25(2,3)33-23(29)19-12-18(17-10-8-7-9-11-17)13-20(14-19)36(31,32)22-16-35-21(28-22)15-27-24(30)34-26(4,5)6/h7-14,16H,15H2,1-6H3,(H,27,30). The van der Waals surface area contributed by atoms with Gasteiger partial charge in [0.25, 0.3) is 0 Å². The maximum absolute atomic E-state index is 13.5. The van der Waals surface area contributed by atoms with Crippen molar-refractivity contribution in [3.63, 3.8) is 0 Å². The first-order chi connectivity index (χ1) is 16.6. The van der Waals surface area contributed by atoms with Gasteiger partial charge in [0.1, 0.15) is 16.2 Å². The van der Waals surface area contributed by atoms with E-state index in [1.165, 1.54) is 17.5 Å². The number of ether oxygens (including phenoxy) is 2. The summed E-state index contributed by atoms with van der Waals surface area (Å²) in [6.45, 7) is 10.5. The van der Waals surface area contributed by atoms with Gasteiger partial charge in [-0.2, -0.15) is 0 Å². The Kier molecular flexibility index (Phi) is 7.90. The second kappa shape index (κ2) is 10.4. The molecule has 1 N–H and O–H groups in total. The van der Waals surface area contributed by atoms with E-state index in [4.69, 9.17) is 9.47 Å². The van der Waals surface area contributed by atoms with Crippen LogP contribution in [0.2, 0.25) is 0 Å². The molecule has 8 nitrogen and oxygen atoms in total. The van der Waals surface area contributed by atoms with Crippen LogP contribution in [0, 0.1) is 0 Å². The number of rotatable bonds is 6. The van der Waals surface area contributed by atoms with E-state index in [9.17, 15) is 18.0 Å². The molecule has 1 heterocycles. The first-order valence-electron chi connectivity index (χ1n) is 11.2. The molecule has 0 unspecified atom stereocenters. The highest BCUT2D eigenvalue weighted by molar-refractivity contribution is 7.91. The number of nitrogens with one attached hydrogen (secondary N) is 1. The third kappa shape index (κ3) is 7.38. The number of hydrogen-bond donors (Lipinski definition) is 1. The molecule has 0 radical (unpaired) electrons. The zero-order chi connectivity index (χ0) is 26.7. The zero-order valence-corrected chi connectivity index (χ0v) is 22.7. The number of nitrogens with zero attached hydrogens (tertiary/aromatic N) is 1. The fourth-order valence-electron chi connectivity index (χ4n) is 3.09. The summed E-state index contributed by atoms with van der Waals surface area (Å²) in [4.78, 5) is 28.9. The summed E-state index contributed by atoms with van der Waals surface area (Å²) in [5, 5.41) is 4.20. The molecule has 0 aliphatic carbocycles. The highest BCUT2D eigenvalue weighted by atomic mass is 32.2. The number of carbonyl (C=O) groups is 2. The van der Waals surface area contributed by atoms with Crippen molar-refractivity contribution in [3.8, 4) is 11.1 Å². The molecular formula is C26H30N2O6S2. The molecule has 10 heteroatoms. The van der Waals surface area contributed by atoms with Crippen molar-refractivity contribution < 1.29 is 27.5 Å². The number of thiazole rings is 1. The van der Waals surface area contributed by atoms with Crippen molar-refractivity contribution in [1.29, 1.82) is 0 Å². The topological polar surface area (TPSA) is 112 Å². The van der Waals surface area contributed by atoms with E-state index in [0.717, 1.165) is 16.9 Å². The molecule has 0 saturated heterocycles. The number of esters is 1. The van der Waals surface area contributed by atoms with Gasteiger partial charge in [0.15, 0.2) is 5.03 Å². The lowest BCUT2D eigenvalue weighted by Gasteiger charge is -2.20. The van der Waals surface area contributed by atoms with Crippen LogP contribution in [-0.2, 0) is 25.9 Å². The van der Waals surface area contributed by atoms with Crippen molar-refractivity contribution in [3.05, 3.63) is 64.5 Å². The molecule has 3 aromatic rings. The van der Waals surface area contributed by atoms with Gasteiger partial charge in [-0.25, -0.2) is 23.0 Å². The van der Waals surface area contributed by atoms with Crippen LogP contribution in [0.4, 0.5) is 4.79 Å². The molecule has 1 amide bonds. The lowest BCUT2D eigenvalue weighted by molar-refractivity contribution is 0.00689. The Labute approximate surface area is 215 Å². The van der Waals surface area contributed by atoms with Crippen LogP contribution < -0.4 is 5.32 Å². The molecule has 0 aliphatic rings. The molecule has 1 aromatic heterocycles. The van der Waals surface area contributed by atoms with Crippen LogP contribution in [0.1, 0.15) is 56.9 Å². The molecule has 36 heavy (non-hydrogen) atoms. The van der Waals surface area contributed by atoms with Gasteiger partial charge in [0, 0.05) is 5.38 Å². The van der Waals surface area contributed by atoms with Crippen LogP contribution >= 0.6 is 11.3 Å². The van der Waals surface area contributed by atoms with Gasteiger partial charge in [-0.3, -0.25) is 0 Å². The van der Waals surface area contributed by atoms with E-state index in [2.05, 4.69) is 10.3 Å². The molecule has 0 saturated carbocycles. The van der Waals surface area contributed by atoms with Crippen molar-refractivity contribution in [2.24, 2.45) is 0 Å². The number of sulfone groups is 1. The number of benzene rings is 2. The van der Waals surface area contributed by atoms with Gasteiger partial charge < -0.3 is 14.8 Å². The van der Waals surface area contributed by atoms with Gasteiger partial charge in [0.2, 0.25) is 9.84 Å². The number of amides is 1. The van der Waals surface area contributed by atoms with Gasteiger partial charge in [-0.15, -0.1) is 11.3 Å². The third-order valence-corrected chi connectivity index (χ3v) is 7.16. The van der Waals surface area contributed by atoms with Crippen LogP contribution in [-0.4, -0.2) is 36.7 Å². The molecule has 0 fully saturated rings. The molecule has 0 atom stereocenters. The average molecular weight is 531 g/mol. The summed E-state index contributed by atoms with van der Waals surface area (Å²) in [7, 11) is -4.07. The minimum atomic E-state index is -4.07. The first-order valence-corrected chi connectivity index (χ1v) is 13.6. The largest absolute Gasteiger partial charge is 0.456 e. The van der Waals surface area contributed by atoms with Gasteiger partial charge in [-0.05, 0) is 70.9 Å². The number of alkyl carbamates (subject to hydrolysis) is 1. The lowest BCUT2D eigenvalue weighted by atomic mass is 10.0. The molecule has 192 valence electrons. The normalized spacial score (nSPS) is 12.2. The highest BCUT2D eigenvalue weighted by Crippen LogP contribution is 2.30. The smallest absolute Gasteiger partial charge is 0.408 e. The van der Waals surface area contributed by atoms with Crippen LogP contribution in [0.5, 0.6) is 0 Å². The molecule has 2 aromatic carbocycles. The van der Waals surface area contributed by atoms with E-state index in [1.807, 2.05) is 30.3 Å². The first kappa shape index (κ1) is 27.3. The predicted molar refractivity (Wildman–Crippen MR) is 138 cm³/mol. The number of aromatic nitrogens is 1. The highest BCUT2D eigenvalue weighted by Gasteiger charge is 2.26. The van der Waals surface area contributed by atoms with Crippen molar-refractivity contribution >= 4 is 33.2 Å². The van der Waals surface area contributed by atoms with Gasteiger partial charge in [0.05, 0.1) is 17.0 Å². The molecule has 0 bridgehead atoms. The Bertz CT molecular complexity index is 1350. The van der Waals surface area contributed by atoms with E-state index in [0.29, 0.717) is 10.6 Å². The quantitative estimate of drug-likeness (QED) is 0.412. The van der Waals surface area contributed by atoms with E-state index < -0.39 is 33.1 Å². The molecule has 0 aliphatic heterocycles. The minimum absolute atomic E-state index is 0.0162. The summed E-state index contributed by atoms with van der Waals surface area (Å²) in [6.07, 6.45) is -0.625. The monoisotopic (exact) mass is 530 g/mol. The average Bonchev–Trinajstić information content (AvgIpc) is 3.26. The molecule has 0 spiro atoms. The van der Waals surface area contributed by atoms with E-state index >= 15 is 0 Å². The Morgan fingerprint density at radius 3 is 2.17 bits per heavy atom. The molecular weight excluding hydrogens is 500 g/mol. The SMILES string of the molecule is CC(C)(C)OC(=O)NCc1nc(S(=O)(=O)c2cc(C(=O)OC(C)(C)C)cc(-c3ccccc3)c2)cs1. The molecule has 3 rings (SSSR count). The second-order valence-electron chi connectivity index (χ2n) is 10.1. The van der Waals surface area contributed by atoms with Crippen molar-refractivity contribution in [2.75, 3.05) is 0 Å². The van der Waals surface area contributed by atoms with Gasteiger partial charge in [-0.1, -0.05) is 30.3 Å². The fourth-order valence-corrected chi connectivity index (χ4v) is 5.43. The van der Waals surface area contributed by atoms with Crippen molar-refractivity contribution in [2.45, 2.75) is 69.2 Å².